The lowest BCUT2D eigenvalue weighted by molar-refractivity contribution is -0.112. The Morgan fingerprint density at radius 3 is 3.07 bits per heavy atom. The molecule has 0 N–H and O–H groups in total. The minimum atomic E-state index is 0.00250. The monoisotopic (exact) mass is 389 g/mol. The van der Waals surface area contributed by atoms with Crippen LogP contribution >= 0.6 is 11.8 Å². The molecule has 0 aromatic carbocycles. The van der Waals surface area contributed by atoms with E-state index < -0.39 is 0 Å². The molecular weight excluding hydrogens is 370 g/mol. The number of pyridine rings is 1. The van der Waals surface area contributed by atoms with Crippen LogP contribution < -0.4 is 0 Å². The highest BCUT2D eigenvalue weighted by atomic mass is 32.2. The van der Waals surface area contributed by atoms with Crippen molar-refractivity contribution in [1.82, 2.24) is 24.5 Å². The van der Waals surface area contributed by atoms with Crippen LogP contribution in [0.1, 0.15) is 18.3 Å². The third-order valence-corrected chi connectivity index (χ3v) is 4.84. The highest BCUT2D eigenvalue weighted by Crippen LogP contribution is 2.21. The van der Waals surface area contributed by atoms with Crippen molar-refractivity contribution in [2.75, 3.05) is 5.75 Å². The normalized spacial score (nSPS) is 13.8. The molecule has 0 bridgehead atoms. The molecule has 4 heterocycles. The van der Waals surface area contributed by atoms with Crippen LogP contribution in [0.2, 0.25) is 0 Å². The molecule has 7 heteroatoms. The van der Waals surface area contributed by atoms with Crippen LogP contribution in [0.3, 0.4) is 0 Å². The second-order valence-electron chi connectivity index (χ2n) is 6.33. The number of carbonyl (C=O) groups is 1. The number of aromatic nitrogens is 5. The van der Waals surface area contributed by atoms with Crippen LogP contribution in [0.15, 0.2) is 66.5 Å². The molecule has 0 atom stereocenters. The van der Waals surface area contributed by atoms with Crippen molar-refractivity contribution in [2.24, 2.45) is 0 Å². The van der Waals surface area contributed by atoms with Gasteiger partial charge in [-0.3, -0.25) is 14.5 Å². The van der Waals surface area contributed by atoms with Gasteiger partial charge in [-0.05, 0) is 54.8 Å². The van der Waals surface area contributed by atoms with Gasteiger partial charge in [-0.25, -0.2) is 4.68 Å². The Kier molecular flexibility index (Phi) is 5.34. The van der Waals surface area contributed by atoms with Crippen molar-refractivity contribution in [2.45, 2.75) is 13.5 Å². The first-order valence-corrected chi connectivity index (χ1v) is 9.94. The number of allylic oxidation sites excluding steroid dienone is 3. The lowest BCUT2D eigenvalue weighted by Gasteiger charge is -2.05. The van der Waals surface area contributed by atoms with E-state index in [1.165, 1.54) is 13.0 Å². The molecule has 0 unspecified atom stereocenters. The summed E-state index contributed by atoms with van der Waals surface area (Å²) >= 11 is 1.77. The Morgan fingerprint density at radius 2 is 2.25 bits per heavy atom. The summed E-state index contributed by atoms with van der Waals surface area (Å²) in [6, 6.07) is 7.73. The van der Waals surface area contributed by atoms with Crippen molar-refractivity contribution in [1.29, 1.82) is 0 Å². The first kappa shape index (κ1) is 18.2. The van der Waals surface area contributed by atoms with Gasteiger partial charge in [-0.2, -0.15) is 10.2 Å². The van der Waals surface area contributed by atoms with Gasteiger partial charge in [0.25, 0.3) is 0 Å². The molecule has 1 aliphatic heterocycles. The summed E-state index contributed by atoms with van der Waals surface area (Å²) < 4.78 is 3.72. The molecule has 3 aromatic rings. The summed E-state index contributed by atoms with van der Waals surface area (Å²) in [5.41, 5.74) is 4.55. The lowest BCUT2D eigenvalue weighted by Crippen LogP contribution is -2.03. The van der Waals surface area contributed by atoms with Gasteiger partial charge < -0.3 is 0 Å². The minimum absolute atomic E-state index is 0.00250. The number of carbonyl (C=O) groups excluding carboxylic acids is 1. The van der Waals surface area contributed by atoms with Gasteiger partial charge in [0.05, 0.1) is 35.5 Å². The van der Waals surface area contributed by atoms with Crippen molar-refractivity contribution >= 4 is 29.3 Å². The smallest absolute Gasteiger partial charge is 0.152 e. The van der Waals surface area contributed by atoms with Crippen LogP contribution in [-0.2, 0) is 11.3 Å². The molecule has 0 saturated carbocycles. The quantitative estimate of drug-likeness (QED) is 0.599. The van der Waals surface area contributed by atoms with Crippen LogP contribution in [0, 0.1) is 0 Å². The van der Waals surface area contributed by atoms with Gasteiger partial charge in [0.15, 0.2) is 5.78 Å². The van der Waals surface area contributed by atoms with E-state index in [0.717, 1.165) is 34.1 Å². The van der Waals surface area contributed by atoms with E-state index in [9.17, 15) is 4.79 Å². The van der Waals surface area contributed by atoms with E-state index in [1.807, 2.05) is 52.2 Å². The highest BCUT2D eigenvalue weighted by molar-refractivity contribution is 8.02. The molecule has 1 aliphatic rings. The van der Waals surface area contributed by atoms with E-state index >= 15 is 0 Å². The fraction of sp³-hybridized carbons (Fsp3) is 0.143. The first-order chi connectivity index (χ1) is 13.7. The van der Waals surface area contributed by atoms with E-state index in [0.29, 0.717) is 6.54 Å². The minimum Gasteiger partial charge on any atom is -0.295 e. The predicted molar refractivity (Wildman–Crippen MR) is 112 cm³/mol. The molecular formula is C21H19N5OS. The molecule has 4 rings (SSSR count). The largest absolute Gasteiger partial charge is 0.295 e. The zero-order valence-electron chi connectivity index (χ0n) is 15.4. The molecule has 0 radical (unpaired) electrons. The Bertz CT molecular complexity index is 1090. The zero-order chi connectivity index (χ0) is 19.3. The molecule has 0 fully saturated rings. The molecule has 140 valence electrons. The van der Waals surface area contributed by atoms with E-state index in [4.69, 9.17) is 0 Å². The summed E-state index contributed by atoms with van der Waals surface area (Å²) in [6.45, 7) is 2.08. The zero-order valence-corrected chi connectivity index (χ0v) is 16.2. The summed E-state index contributed by atoms with van der Waals surface area (Å²) in [4.78, 5) is 15.6. The van der Waals surface area contributed by atoms with Gasteiger partial charge in [0, 0.05) is 23.7 Å². The van der Waals surface area contributed by atoms with Crippen LogP contribution in [-0.4, -0.2) is 36.1 Å². The summed E-state index contributed by atoms with van der Waals surface area (Å²) in [5.74, 6) is 0.964. The lowest BCUT2D eigenvalue weighted by atomic mass is 10.2. The van der Waals surface area contributed by atoms with Gasteiger partial charge >= 0.3 is 0 Å². The number of hydrogen-bond acceptors (Lipinski definition) is 5. The maximum absolute atomic E-state index is 11.1. The van der Waals surface area contributed by atoms with Crippen LogP contribution in [0.25, 0.3) is 23.0 Å². The van der Waals surface area contributed by atoms with Crippen molar-refractivity contribution in [3.63, 3.8) is 0 Å². The summed E-state index contributed by atoms with van der Waals surface area (Å²) in [7, 11) is 0. The highest BCUT2D eigenvalue weighted by Gasteiger charge is 2.09. The maximum atomic E-state index is 11.1. The first-order valence-electron chi connectivity index (χ1n) is 8.89. The summed E-state index contributed by atoms with van der Waals surface area (Å²) in [6.07, 6.45) is 13.2. The van der Waals surface area contributed by atoms with Crippen LogP contribution in [0.4, 0.5) is 0 Å². The maximum Gasteiger partial charge on any atom is 0.152 e. The molecule has 6 nitrogen and oxygen atoms in total. The van der Waals surface area contributed by atoms with Gasteiger partial charge in [-0.15, -0.1) is 11.8 Å². The Balaban J connectivity index is 1.49. The summed E-state index contributed by atoms with van der Waals surface area (Å²) in [5, 5.41) is 11.2. The number of rotatable bonds is 6. The average Bonchev–Trinajstić information content (AvgIpc) is 3.37. The van der Waals surface area contributed by atoms with Crippen LogP contribution in [0.5, 0.6) is 0 Å². The number of hydrogen-bond donors (Lipinski definition) is 0. The second-order valence-corrected chi connectivity index (χ2v) is 7.27. The van der Waals surface area contributed by atoms with Gasteiger partial charge in [0.2, 0.25) is 0 Å². The SMILES string of the molecule is CC(=O)C=Cc1cccc(Cn2ccc(-c3cnn(C4=CCSC=C4)c3)n2)n1. The van der Waals surface area contributed by atoms with Crippen molar-refractivity contribution in [3.05, 3.63) is 77.9 Å². The average molecular weight is 389 g/mol. The molecule has 0 spiro atoms. The van der Waals surface area contributed by atoms with Gasteiger partial charge in [-0.1, -0.05) is 6.07 Å². The topological polar surface area (TPSA) is 65.6 Å². The molecule has 0 aliphatic carbocycles. The van der Waals surface area contributed by atoms with Crippen molar-refractivity contribution < 1.29 is 4.79 Å². The van der Waals surface area contributed by atoms with E-state index in [1.54, 1.807) is 17.8 Å². The third-order valence-electron chi connectivity index (χ3n) is 4.15. The molecule has 0 amide bonds. The van der Waals surface area contributed by atoms with Crippen molar-refractivity contribution in [3.8, 4) is 11.3 Å². The molecule has 3 aromatic heterocycles. The second kappa shape index (κ2) is 8.22. The Hall–Kier alpha value is -3.19. The number of thioether (sulfide) groups is 1. The fourth-order valence-corrected chi connectivity index (χ4v) is 3.41. The third kappa shape index (κ3) is 4.37. The Labute approximate surface area is 167 Å². The molecule has 28 heavy (non-hydrogen) atoms. The predicted octanol–water partition coefficient (Wildman–Crippen LogP) is 3.89. The van der Waals surface area contributed by atoms with E-state index in [-0.39, 0.29) is 5.78 Å². The van der Waals surface area contributed by atoms with E-state index in [2.05, 4.69) is 32.7 Å². The molecule has 0 saturated heterocycles. The van der Waals surface area contributed by atoms with Gasteiger partial charge in [0.1, 0.15) is 0 Å². The standard InChI is InChI=1S/C21H19N5OS/c1-16(27)5-6-18-3-2-4-19(23-18)15-25-10-7-21(24-25)17-13-22-26(14-17)20-8-11-28-12-9-20/h2-11,13-14H,12,15H2,1H3. The number of ketones is 1. The Morgan fingerprint density at radius 1 is 1.32 bits per heavy atom. The fourth-order valence-electron chi connectivity index (χ4n) is 2.79. The number of nitrogens with zero attached hydrogens (tertiary/aromatic N) is 5.